The van der Waals surface area contributed by atoms with E-state index in [9.17, 15) is 8.42 Å². The molecule has 0 radical (unpaired) electrons. The highest BCUT2D eigenvalue weighted by Crippen LogP contribution is 2.31. The average Bonchev–Trinajstić information content (AvgIpc) is 2.67. The van der Waals surface area contributed by atoms with Crippen LogP contribution < -0.4 is 15.8 Å². The molecule has 0 fully saturated rings. The van der Waals surface area contributed by atoms with E-state index < -0.39 is 9.84 Å². The lowest BCUT2D eigenvalue weighted by molar-refractivity contribution is 0.262. The molecule has 0 saturated heterocycles. The summed E-state index contributed by atoms with van der Waals surface area (Å²) in [6, 6.07) is 14.7. The van der Waals surface area contributed by atoms with Gasteiger partial charge in [-0.1, -0.05) is 37.3 Å². The molecule has 2 aromatic carbocycles. The Morgan fingerprint density at radius 1 is 1.22 bits per heavy atom. The summed E-state index contributed by atoms with van der Waals surface area (Å²) in [5.74, 6) is 1.32. The molecular weight excluding hydrogens is 477 g/mol. The third-order valence-electron chi connectivity index (χ3n) is 4.38. The van der Waals surface area contributed by atoms with Crippen molar-refractivity contribution < 1.29 is 13.2 Å². The Hall–Kier alpha value is -1.81. The highest BCUT2D eigenvalue weighted by Gasteiger charge is 2.21. The molecule has 0 spiro atoms. The van der Waals surface area contributed by atoms with E-state index in [0.29, 0.717) is 24.0 Å². The smallest absolute Gasteiger partial charge is 0.189 e. The van der Waals surface area contributed by atoms with Crippen LogP contribution in [-0.2, 0) is 16.4 Å². The summed E-state index contributed by atoms with van der Waals surface area (Å²) in [4.78, 5) is 4.70. The van der Waals surface area contributed by atoms with Crippen molar-refractivity contribution in [2.45, 2.75) is 30.8 Å². The highest BCUT2D eigenvalue weighted by molar-refractivity contribution is 14.0. The van der Waals surface area contributed by atoms with Crippen LogP contribution >= 0.6 is 24.0 Å². The first-order chi connectivity index (χ1) is 12.5. The predicted octanol–water partition coefficient (Wildman–Crippen LogP) is 3.03. The molecule has 3 rings (SSSR count). The Bertz CT molecular complexity index is 899. The van der Waals surface area contributed by atoms with Gasteiger partial charge in [0.15, 0.2) is 15.8 Å². The maximum Gasteiger partial charge on any atom is 0.189 e. The van der Waals surface area contributed by atoms with Crippen LogP contribution in [0.1, 0.15) is 30.5 Å². The van der Waals surface area contributed by atoms with Gasteiger partial charge in [-0.3, -0.25) is 0 Å². The minimum absolute atomic E-state index is 0. The van der Waals surface area contributed by atoms with Crippen molar-refractivity contribution in [2.24, 2.45) is 10.7 Å². The number of aliphatic imine (C=N–C) groups is 1. The fourth-order valence-electron chi connectivity index (χ4n) is 2.86. The number of fused-ring (bicyclic) bond motifs is 1. The van der Waals surface area contributed by atoms with E-state index in [4.69, 9.17) is 10.5 Å². The van der Waals surface area contributed by atoms with Gasteiger partial charge in [-0.05, 0) is 23.8 Å². The molecule has 3 N–H and O–H groups in total. The van der Waals surface area contributed by atoms with Crippen LogP contribution in [0.4, 0.5) is 0 Å². The van der Waals surface area contributed by atoms with Gasteiger partial charge in [-0.2, -0.15) is 0 Å². The van der Waals surface area contributed by atoms with Crippen LogP contribution in [0.3, 0.4) is 0 Å². The highest BCUT2D eigenvalue weighted by atomic mass is 127. The summed E-state index contributed by atoms with van der Waals surface area (Å²) in [5, 5.41) is 3.24. The van der Waals surface area contributed by atoms with Crippen LogP contribution in [0, 0.1) is 0 Å². The Labute approximate surface area is 177 Å². The zero-order valence-electron chi connectivity index (χ0n) is 15.1. The lowest BCUT2D eigenvalue weighted by atomic mass is 10.0. The van der Waals surface area contributed by atoms with E-state index >= 15 is 0 Å². The SMILES string of the molecule is CCS(=O)(=O)c1ccc(CN=C(N)NC2CCOc3ccccc32)cc1.I. The molecule has 0 aromatic heterocycles. The van der Waals surface area contributed by atoms with Crippen molar-refractivity contribution in [1.82, 2.24) is 5.32 Å². The van der Waals surface area contributed by atoms with Gasteiger partial charge in [0.05, 0.1) is 29.8 Å². The maximum absolute atomic E-state index is 11.8. The first-order valence-electron chi connectivity index (χ1n) is 8.59. The number of rotatable bonds is 5. The van der Waals surface area contributed by atoms with Gasteiger partial charge in [-0.25, -0.2) is 13.4 Å². The first kappa shape index (κ1) is 21.5. The van der Waals surface area contributed by atoms with Crippen LogP contribution in [0.15, 0.2) is 58.4 Å². The molecule has 2 aromatic rings. The van der Waals surface area contributed by atoms with Crippen LogP contribution in [0.25, 0.3) is 0 Å². The van der Waals surface area contributed by atoms with E-state index in [1.165, 1.54) is 0 Å². The standard InChI is InChI=1S/C19H23N3O3S.HI/c1-2-26(23,24)15-9-7-14(8-10-15)13-21-19(20)22-17-11-12-25-18-6-4-3-5-16(17)18;/h3-10,17H,2,11-13H2,1H3,(H3,20,21,22);1H. The minimum atomic E-state index is -3.18. The van der Waals surface area contributed by atoms with Crippen molar-refractivity contribution >= 4 is 39.8 Å². The predicted molar refractivity (Wildman–Crippen MR) is 117 cm³/mol. The number of ether oxygens (including phenoxy) is 1. The Balaban J connectivity index is 0.00000261. The fraction of sp³-hybridized carbons (Fsp3) is 0.316. The molecule has 0 bridgehead atoms. The van der Waals surface area contributed by atoms with Crippen LogP contribution in [0.5, 0.6) is 5.75 Å². The van der Waals surface area contributed by atoms with Crippen molar-refractivity contribution in [1.29, 1.82) is 0 Å². The normalized spacial score (nSPS) is 16.6. The maximum atomic E-state index is 11.8. The van der Waals surface area contributed by atoms with E-state index in [1.807, 2.05) is 24.3 Å². The molecule has 1 atom stereocenters. The van der Waals surface area contributed by atoms with E-state index in [2.05, 4.69) is 10.3 Å². The Kier molecular flexibility index (Phi) is 7.49. The number of para-hydroxylation sites is 1. The average molecular weight is 501 g/mol. The summed E-state index contributed by atoms with van der Waals surface area (Å²) < 4.78 is 29.3. The van der Waals surface area contributed by atoms with E-state index in [0.717, 1.165) is 23.3 Å². The van der Waals surface area contributed by atoms with Gasteiger partial charge in [0, 0.05) is 12.0 Å². The summed E-state index contributed by atoms with van der Waals surface area (Å²) in [5.41, 5.74) is 8.01. The molecule has 8 heteroatoms. The lowest BCUT2D eigenvalue weighted by Crippen LogP contribution is -2.37. The Morgan fingerprint density at radius 2 is 1.93 bits per heavy atom. The molecule has 146 valence electrons. The van der Waals surface area contributed by atoms with Gasteiger partial charge in [0.2, 0.25) is 0 Å². The van der Waals surface area contributed by atoms with Crippen molar-refractivity contribution in [3.05, 3.63) is 59.7 Å². The van der Waals surface area contributed by atoms with Crippen molar-refractivity contribution in [3.8, 4) is 5.75 Å². The number of halogens is 1. The third kappa shape index (κ3) is 5.35. The molecule has 0 saturated carbocycles. The van der Waals surface area contributed by atoms with Crippen LogP contribution in [0.2, 0.25) is 0 Å². The zero-order valence-corrected chi connectivity index (χ0v) is 18.2. The number of guanidine groups is 1. The second-order valence-electron chi connectivity index (χ2n) is 6.12. The van der Waals surface area contributed by atoms with Crippen molar-refractivity contribution in [2.75, 3.05) is 12.4 Å². The molecule has 6 nitrogen and oxygen atoms in total. The molecule has 1 aliphatic heterocycles. The lowest BCUT2D eigenvalue weighted by Gasteiger charge is -2.26. The fourth-order valence-corrected chi connectivity index (χ4v) is 3.75. The second-order valence-corrected chi connectivity index (χ2v) is 8.40. The number of nitrogens with one attached hydrogen (secondary N) is 1. The monoisotopic (exact) mass is 501 g/mol. The largest absolute Gasteiger partial charge is 0.493 e. The first-order valence-corrected chi connectivity index (χ1v) is 10.2. The summed E-state index contributed by atoms with van der Waals surface area (Å²) in [7, 11) is -3.18. The molecule has 1 aliphatic rings. The van der Waals surface area contributed by atoms with Gasteiger partial charge in [-0.15, -0.1) is 24.0 Å². The summed E-state index contributed by atoms with van der Waals surface area (Å²) >= 11 is 0. The number of hydrogen-bond acceptors (Lipinski definition) is 4. The van der Waals surface area contributed by atoms with Crippen LogP contribution in [-0.4, -0.2) is 26.7 Å². The number of benzene rings is 2. The second kappa shape index (κ2) is 9.41. The van der Waals surface area contributed by atoms with Gasteiger partial charge >= 0.3 is 0 Å². The van der Waals surface area contributed by atoms with Crippen molar-refractivity contribution in [3.63, 3.8) is 0 Å². The van der Waals surface area contributed by atoms with Gasteiger partial charge in [0.1, 0.15) is 5.75 Å². The number of nitrogens with zero attached hydrogens (tertiary/aromatic N) is 1. The quantitative estimate of drug-likeness (QED) is 0.373. The molecule has 27 heavy (non-hydrogen) atoms. The molecule has 0 aliphatic carbocycles. The number of sulfone groups is 1. The summed E-state index contributed by atoms with van der Waals surface area (Å²) in [6.45, 7) is 2.65. The number of nitrogens with two attached hydrogens (primary N) is 1. The van der Waals surface area contributed by atoms with E-state index in [1.54, 1.807) is 31.2 Å². The van der Waals surface area contributed by atoms with Gasteiger partial charge < -0.3 is 15.8 Å². The molecule has 0 amide bonds. The Morgan fingerprint density at radius 3 is 2.63 bits per heavy atom. The zero-order chi connectivity index (χ0) is 18.6. The number of hydrogen-bond donors (Lipinski definition) is 2. The van der Waals surface area contributed by atoms with Gasteiger partial charge in [0.25, 0.3) is 0 Å². The molecule has 1 heterocycles. The molecular formula is C19H24IN3O3S. The molecule has 1 unspecified atom stereocenters. The summed E-state index contributed by atoms with van der Waals surface area (Å²) in [6.07, 6.45) is 0.816. The van der Waals surface area contributed by atoms with E-state index in [-0.39, 0.29) is 35.8 Å². The minimum Gasteiger partial charge on any atom is -0.493 e. The topological polar surface area (TPSA) is 93.8 Å². The third-order valence-corrected chi connectivity index (χ3v) is 6.13.